The second-order valence-electron chi connectivity index (χ2n) is 6.69. The van der Waals surface area contributed by atoms with Gasteiger partial charge < -0.3 is 4.90 Å². The number of nitrogens with zero attached hydrogens (tertiary/aromatic N) is 4. The average molecular weight is 340 g/mol. The molecule has 1 saturated heterocycles. The molecule has 0 aliphatic carbocycles. The van der Waals surface area contributed by atoms with Crippen molar-refractivity contribution in [3.05, 3.63) is 63.8 Å². The molecule has 2 heterocycles. The van der Waals surface area contributed by atoms with E-state index in [-0.39, 0.29) is 10.6 Å². The van der Waals surface area contributed by atoms with Gasteiger partial charge in [-0.15, -0.1) is 0 Å². The van der Waals surface area contributed by atoms with Crippen LogP contribution in [0.4, 0.5) is 11.5 Å². The van der Waals surface area contributed by atoms with Crippen molar-refractivity contribution in [3.8, 4) is 0 Å². The number of rotatable bonds is 4. The summed E-state index contributed by atoms with van der Waals surface area (Å²) in [4.78, 5) is 19.9. The lowest BCUT2D eigenvalue weighted by Gasteiger charge is -2.26. The van der Waals surface area contributed by atoms with Crippen molar-refractivity contribution in [3.63, 3.8) is 0 Å². The molecule has 1 aromatic heterocycles. The Kier molecular flexibility index (Phi) is 5.28. The Morgan fingerprint density at radius 2 is 2.00 bits per heavy atom. The molecule has 2 aromatic rings. The van der Waals surface area contributed by atoms with Gasteiger partial charge in [0.15, 0.2) is 0 Å². The maximum atomic E-state index is 11.4. The summed E-state index contributed by atoms with van der Waals surface area (Å²) < 4.78 is 0. The van der Waals surface area contributed by atoms with Crippen molar-refractivity contribution in [2.75, 3.05) is 24.5 Å². The van der Waals surface area contributed by atoms with E-state index in [4.69, 9.17) is 0 Å². The summed E-state index contributed by atoms with van der Waals surface area (Å²) in [6.45, 7) is 7.35. The first-order chi connectivity index (χ1) is 12.0. The normalized spacial score (nSPS) is 18.8. The van der Waals surface area contributed by atoms with Crippen molar-refractivity contribution in [1.29, 1.82) is 0 Å². The predicted molar refractivity (Wildman–Crippen MR) is 98.8 cm³/mol. The van der Waals surface area contributed by atoms with E-state index in [0.717, 1.165) is 38.2 Å². The summed E-state index contributed by atoms with van der Waals surface area (Å²) in [7, 11) is 0. The molecule has 0 spiro atoms. The van der Waals surface area contributed by atoms with E-state index in [1.54, 1.807) is 12.3 Å². The minimum Gasteiger partial charge on any atom is -0.350 e. The van der Waals surface area contributed by atoms with Gasteiger partial charge >= 0.3 is 5.69 Å². The zero-order valence-electron chi connectivity index (χ0n) is 14.8. The molecule has 1 aliphatic heterocycles. The number of aryl methyl sites for hydroxylation is 1. The molecule has 1 unspecified atom stereocenters. The van der Waals surface area contributed by atoms with Gasteiger partial charge in [-0.2, -0.15) is 0 Å². The van der Waals surface area contributed by atoms with Crippen LogP contribution in [0.5, 0.6) is 0 Å². The van der Waals surface area contributed by atoms with Crippen molar-refractivity contribution in [2.24, 2.45) is 0 Å². The molecule has 3 rings (SSSR count). The maximum absolute atomic E-state index is 11.4. The third-order valence-corrected chi connectivity index (χ3v) is 4.81. The first-order valence-corrected chi connectivity index (χ1v) is 8.68. The summed E-state index contributed by atoms with van der Waals surface area (Å²) in [5, 5.41) is 11.4. The second kappa shape index (κ2) is 7.61. The van der Waals surface area contributed by atoms with Gasteiger partial charge in [0.1, 0.15) is 0 Å². The number of pyridine rings is 1. The molecule has 0 N–H and O–H groups in total. The Morgan fingerprint density at radius 1 is 1.24 bits per heavy atom. The average Bonchev–Trinajstić information content (AvgIpc) is 2.78. The molecule has 0 bridgehead atoms. The second-order valence-corrected chi connectivity index (χ2v) is 6.69. The van der Waals surface area contributed by atoms with E-state index >= 15 is 0 Å². The summed E-state index contributed by atoms with van der Waals surface area (Å²) in [5.74, 6) is 0.490. The number of benzene rings is 1. The highest BCUT2D eigenvalue weighted by atomic mass is 16.6. The monoisotopic (exact) mass is 340 g/mol. The molecule has 1 aliphatic rings. The van der Waals surface area contributed by atoms with Gasteiger partial charge in [-0.1, -0.05) is 30.3 Å². The molecule has 132 valence electrons. The van der Waals surface area contributed by atoms with Crippen molar-refractivity contribution >= 4 is 11.5 Å². The number of aromatic nitrogens is 1. The van der Waals surface area contributed by atoms with Crippen LogP contribution in [-0.4, -0.2) is 40.5 Å². The van der Waals surface area contributed by atoms with Crippen LogP contribution in [0.1, 0.15) is 24.5 Å². The highest BCUT2D eigenvalue weighted by Crippen LogP contribution is 2.28. The van der Waals surface area contributed by atoms with E-state index in [1.165, 1.54) is 5.56 Å². The van der Waals surface area contributed by atoms with Crippen molar-refractivity contribution < 1.29 is 4.92 Å². The first-order valence-electron chi connectivity index (χ1n) is 8.68. The van der Waals surface area contributed by atoms with Crippen LogP contribution in [-0.2, 0) is 6.54 Å². The lowest BCUT2D eigenvalue weighted by molar-refractivity contribution is -0.384. The Bertz CT molecular complexity index is 735. The summed E-state index contributed by atoms with van der Waals surface area (Å²) >= 11 is 0. The van der Waals surface area contributed by atoms with Crippen LogP contribution in [0.3, 0.4) is 0 Å². The van der Waals surface area contributed by atoms with Crippen LogP contribution in [0.15, 0.2) is 42.6 Å². The zero-order chi connectivity index (χ0) is 17.8. The molecule has 1 aromatic carbocycles. The molecule has 6 nitrogen and oxygen atoms in total. The smallest absolute Gasteiger partial charge is 0.311 e. The number of hydrogen-bond donors (Lipinski definition) is 0. The van der Waals surface area contributed by atoms with Gasteiger partial charge in [0.25, 0.3) is 0 Å². The van der Waals surface area contributed by atoms with Gasteiger partial charge in [0.05, 0.1) is 4.92 Å². The van der Waals surface area contributed by atoms with Crippen LogP contribution in [0, 0.1) is 17.0 Å². The number of anilines is 1. The molecule has 0 amide bonds. The molecule has 1 atom stereocenters. The molecule has 25 heavy (non-hydrogen) atoms. The minimum atomic E-state index is -0.328. The van der Waals surface area contributed by atoms with Crippen molar-refractivity contribution in [2.45, 2.75) is 32.9 Å². The fraction of sp³-hybridized carbons (Fsp3) is 0.421. The van der Waals surface area contributed by atoms with Crippen LogP contribution < -0.4 is 4.90 Å². The third kappa shape index (κ3) is 4.14. The van der Waals surface area contributed by atoms with E-state index in [0.29, 0.717) is 11.9 Å². The Morgan fingerprint density at radius 3 is 2.72 bits per heavy atom. The van der Waals surface area contributed by atoms with Gasteiger partial charge in [-0.05, 0) is 31.4 Å². The summed E-state index contributed by atoms with van der Waals surface area (Å²) in [6, 6.07) is 12.5. The van der Waals surface area contributed by atoms with E-state index in [1.807, 2.05) is 13.0 Å². The minimum absolute atomic E-state index is 0.101. The summed E-state index contributed by atoms with van der Waals surface area (Å²) in [5.41, 5.74) is 2.20. The topological polar surface area (TPSA) is 62.5 Å². The fourth-order valence-corrected chi connectivity index (χ4v) is 3.30. The highest BCUT2D eigenvalue weighted by molar-refractivity contribution is 5.58. The SMILES string of the molecule is Cc1cnc(N2CCC(C)N(Cc3ccccc3)CC2)c([N+](=O)[O-])c1. The van der Waals surface area contributed by atoms with Crippen molar-refractivity contribution in [1.82, 2.24) is 9.88 Å². The standard InChI is InChI=1S/C19H24N4O2/c1-15-12-18(23(24)25)19(20-13-15)21-9-8-16(2)22(11-10-21)14-17-6-4-3-5-7-17/h3-7,12-13,16H,8-11,14H2,1-2H3. The largest absolute Gasteiger partial charge is 0.350 e. The molecular weight excluding hydrogens is 316 g/mol. The van der Waals surface area contributed by atoms with Gasteiger partial charge in [0, 0.05) is 44.5 Å². The molecule has 0 saturated carbocycles. The van der Waals surface area contributed by atoms with E-state index < -0.39 is 0 Å². The van der Waals surface area contributed by atoms with Crippen LogP contribution >= 0.6 is 0 Å². The summed E-state index contributed by atoms with van der Waals surface area (Å²) in [6.07, 6.45) is 2.66. The quantitative estimate of drug-likeness (QED) is 0.630. The Hall–Kier alpha value is -2.47. The lowest BCUT2D eigenvalue weighted by Crippen LogP contribution is -2.34. The highest BCUT2D eigenvalue weighted by Gasteiger charge is 2.26. The van der Waals surface area contributed by atoms with Gasteiger partial charge in [-0.25, -0.2) is 4.98 Å². The fourth-order valence-electron chi connectivity index (χ4n) is 3.30. The van der Waals surface area contributed by atoms with Crippen LogP contribution in [0.2, 0.25) is 0 Å². The molecule has 1 fully saturated rings. The Balaban J connectivity index is 1.76. The zero-order valence-corrected chi connectivity index (χ0v) is 14.8. The Labute approximate surface area is 148 Å². The number of hydrogen-bond acceptors (Lipinski definition) is 5. The molecule has 6 heteroatoms. The van der Waals surface area contributed by atoms with Crippen LogP contribution in [0.25, 0.3) is 0 Å². The predicted octanol–water partition coefficient (Wildman–Crippen LogP) is 3.40. The van der Waals surface area contributed by atoms with E-state index in [9.17, 15) is 10.1 Å². The van der Waals surface area contributed by atoms with E-state index in [2.05, 4.69) is 46.0 Å². The molecule has 0 radical (unpaired) electrons. The third-order valence-electron chi connectivity index (χ3n) is 4.81. The first kappa shape index (κ1) is 17.4. The lowest BCUT2D eigenvalue weighted by atomic mass is 10.1. The number of nitro groups is 1. The maximum Gasteiger partial charge on any atom is 0.311 e. The van der Waals surface area contributed by atoms with Gasteiger partial charge in [0.2, 0.25) is 5.82 Å². The van der Waals surface area contributed by atoms with Gasteiger partial charge in [-0.3, -0.25) is 15.0 Å². The molecular formula is C19H24N4O2.